The third kappa shape index (κ3) is 3.39. The molecule has 19 heavy (non-hydrogen) atoms. The molecule has 100 valence electrons. The van der Waals surface area contributed by atoms with Crippen molar-refractivity contribution < 1.29 is 8.42 Å². The molecule has 0 aliphatic carbocycles. The summed E-state index contributed by atoms with van der Waals surface area (Å²) in [5.41, 5.74) is 0.217. The molecule has 4 nitrogen and oxygen atoms in total. The van der Waals surface area contributed by atoms with Crippen LogP contribution in [0, 0.1) is 0 Å². The number of rotatable bonds is 3. The number of halogens is 3. The Bertz CT molecular complexity index is 722. The Kier molecular flexibility index (Phi) is 4.35. The Morgan fingerprint density at radius 1 is 1.21 bits per heavy atom. The minimum Gasteiger partial charge on any atom is -0.278 e. The van der Waals surface area contributed by atoms with Crippen LogP contribution in [0.3, 0.4) is 0 Å². The fourth-order valence-electron chi connectivity index (χ4n) is 1.33. The molecule has 1 heterocycles. The molecule has 0 saturated heterocycles. The topological polar surface area (TPSA) is 59.1 Å². The number of benzene rings is 1. The molecular weight excluding hydrogens is 375 g/mol. The first-order valence-corrected chi connectivity index (χ1v) is 8.01. The van der Waals surface area contributed by atoms with E-state index in [0.717, 1.165) is 0 Å². The van der Waals surface area contributed by atoms with Gasteiger partial charge in [0.2, 0.25) is 0 Å². The Morgan fingerprint density at radius 2 is 1.95 bits per heavy atom. The smallest absolute Gasteiger partial charge is 0.263 e. The quantitative estimate of drug-likeness (QED) is 0.875. The van der Waals surface area contributed by atoms with Gasteiger partial charge in [-0.1, -0.05) is 29.3 Å². The number of nitrogens with zero attached hydrogens (tertiary/aromatic N) is 1. The molecule has 0 saturated carbocycles. The van der Waals surface area contributed by atoms with Crippen molar-refractivity contribution in [3.8, 4) is 0 Å². The lowest BCUT2D eigenvalue weighted by atomic mass is 10.3. The number of pyridine rings is 1. The van der Waals surface area contributed by atoms with Crippen molar-refractivity contribution in [2.75, 3.05) is 4.72 Å². The van der Waals surface area contributed by atoms with Gasteiger partial charge in [-0.25, -0.2) is 8.42 Å². The molecule has 0 amide bonds. The van der Waals surface area contributed by atoms with E-state index in [1.807, 2.05) is 0 Å². The second kappa shape index (κ2) is 5.66. The molecule has 0 atom stereocenters. The van der Waals surface area contributed by atoms with Crippen molar-refractivity contribution >= 4 is 54.8 Å². The van der Waals surface area contributed by atoms with E-state index in [1.165, 1.54) is 24.5 Å². The highest BCUT2D eigenvalue weighted by atomic mass is 79.9. The van der Waals surface area contributed by atoms with Crippen LogP contribution in [0.1, 0.15) is 0 Å². The minimum absolute atomic E-state index is 0.0258. The highest BCUT2D eigenvalue weighted by Crippen LogP contribution is 2.31. The van der Waals surface area contributed by atoms with Crippen molar-refractivity contribution in [3.05, 3.63) is 51.2 Å². The highest BCUT2D eigenvalue weighted by Gasteiger charge is 2.17. The molecule has 0 aliphatic rings. The fourth-order valence-corrected chi connectivity index (χ4v) is 3.31. The molecule has 8 heteroatoms. The number of nitrogens with one attached hydrogen (secondary N) is 1. The zero-order chi connectivity index (χ0) is 14.0. The van der Waals surface area contributed by atoms with Crippen molar-refractivity contribution in [3.63, 3.8) is 0 Å². The van der Waals surface area contributed by atoms with Gasteiger partial charge < -0.3 is 0 Å². The summed E-state index contributed by atoms with van der Waals surface area (Å²) in [6.07, 6.45) is 2.73. The van der Waals surface area contributed by atoms with Crippen LogP contribution in [0.2, 0.25) is 10.0 Å². The Hall–Kier alpha value is -0.820. The summed E-state index contributed by atoms with van der Waals surface area (Å²) < 4.78 is 27.2. The molecule has 1 aromatic carbocycles. The number of sulfonamides is 1. The van der Waals surface area contributed by atoms with Crippen molar-refractivity contribution in [1.82, 2.24) is 4.98 Å². The zero-order valence-electron chi connectivity index (χ0n) is 9.27. The van der Waals surface area contributed by atoms with Crippen LogP contribution in [0.15, 0.2) is 46.0 Å². The summed E-state index contributed by atoms with van der Waals surface area (Å²) in [4.78, 5) is 3.83. The average Bonchev–Trinajstić information content (AvgIpc) is 2.35. The first kappa shape index (κ1) is 14.6. The predicted octanol–water partition coefficient (Wildman–Crippen LogP) is 3.95. The Morgan fingerprint density at radius 3 is 2.63 bits per heavy atom. The first-order chi connectivity index (χ1) is 8.90. The summed E-state index contributed by atoms with van der Waals surface area (Å²) in [7, 11) is -3.76. The van der Waals surface area contributed by atoms with E-state index in [2.05, 4.69) is 25.6 Å². The second-order valence-corrected chi connectivity index (χ2v) is 6.93. The van der Waals surface area contributed by atoms with E-state index < -0.39 is 10.0 Å². The summed E-state index contributed by atoms with van der Waals surface area (Å²) >= 11 is 14.9. The number of aromatic nitrogens is 1. The van der Waals surface area contributed by atoms with E-state index in [1.54, 1.807) is 12.1 Å². The van der Waals surface area contributed by atoms with E-state index in [-0.39, 0.29) is 20.6 Å². The molecule has 1 N–H and O–H groups in total. The van der Waals surface area contributed by atoms with E-state index in [0.29, 0.717) is 4.47 Å². The average molecular weight is 382 g/mol. The molecule has 1 aromatic heterocycles. The van der Waals surface area contributed by atoms with Gasteiger partial charge in [-0.2, -0.15) is 0 Å². The van der Waals surface area contributed by atoms with E-state index in [4.69, 9.17) is 23.2 Å². The molecule has 0 aliphatic heterocycles. The van der Waals surface area contributed by atoms with Gasteiger partial charge >= 0.3 is 0 Å². The van der Waals surface area contributed by atoms with Gasteiger partial charge in [0.25, 0.3) is 10.0 Å². The largest absolute Gasteiger partial charge is 0.278 e. The van der Waals surface area contributed by atoms with Crippen molar-refractivity contribution in [2.45, 2.75) is 4.90 Å². The molecule has 0 spiro atoms. The van der Waals surface area contributed by atoms with E-state index >= 15 is 0 Å². The lowest BCUT2D eigenvalue weighted by molar-refractivity contribution is 0.600. The van der Waals surface area contributed by atoms with Crippen LogP contribution in [-0.2, 0) is 10.0 Å². The fraction of sp³-hybridized carbons (Fsp3) is 0. The molecule has 2 rings (SSSR count). The molecule has 0 bridgehead atoms. The van der Waals surface area contributed by atoms with Crippen LogP contribution < -0.4 is 4.72 Å². The lowest BCUT2D eigenvalue weighted by Gasteiger charge is -2.10. The minimum atomic E-state index is -3.76. The van der Waals surface area contributed by atoms with Gasteiger partial charge in [-0.3, -0.25) is 9.71 Å². The van der Waals surface area contributed by atoms with Crippen molar-refractivity contribution in [1.29, 1.82) is 0 Å². The summed E-state index contributed by atoms with van der Waals surface area (Å²) in [6, 6.07) is 6.14. The first-order valence-electron chi connectivity index (χ1n) is 4.97. The van der Waals surface area contributed by atoms with Crippen molar-refractivity contribution in [2.24, 2.45) is 0 Å². The van der Waals surface area contributed by atoms with Gasteiger partial charge in [0, 0.05) is 16.9 Å². The van der Waals surface area contributed by atoms with Gasteiger partial charge in [0.05, 0.1) is 15.7 Å². The maximum atomic E-state index is 12.1. The third-order valence-electron chi connectivity index (χ3n) is 2.19. The van der Waals surface area contributed by atoms with Crippen LogP contribution in [-0.4, -0.2) is 13.4 Å². The normalized spacial score (nSPS) is 11.3. The Labute approximate surface area is 128 Å². The summed E-state index contributed by atoms with van der Waals surface area (Å²) in [6.45, 7) is 0. The molecule has 0 unspecified atom stereocenters. The lowest BCUT2D eigenvalue weighted by Crippen LogP contribution is -2.13. The maximum absolute atomic E-state index is 12.1. The highest BCUT2D eigenvalue weighted by molar-refractivity contribution is 9.10. The van der Waals surface area contributed by atoms with Crippen LogP contribution in [0.4, 0.5) is 5.69 Å². The summed E-state index contributed by atoms with van der Waals surface area (Å²) in [5.74, 6) is 0. The molecule has 2 aromatic rings. The number of anilines is 1. The second-order valence-electron chi connectivity index (χ2n) is 3.55. The molecular formula is C11H7BrCl2N2O2S. The van der Waals surface area contributed by atoms with E-state index in [9.17, 15) is 8.42 Å². The van der Waals surface area contributed by atoms with Gasteiger partial charge in [-0.15, -0.1) is 0 Å². The Balaban J connectivity index is 2.39. The van der Waals surface area contributed by atoms with Gasteiger partial charge in [0.15, 0.2) is 0 Å². The maximum Gasteiger partial charge on any atom is 0.263 e. The molecule has 0 fully saturated rings. The van der Waals surface area contributed by atoms with Crippen LogP contribution >= 0.6 is 39.1 Å². The van der Waals surface area contributed by atoms with Gasteiger partial charge in [0.1, 0.15) is 4.90 Å². The third-order valence-corrected chi connectivity index (χ3v) is 4.77. The van der Waals surface area contributed by atoms with Crippen LogP contribution in [0.25, 0.3) is 0 Å². The number of hydrogen-bond donors (Lipinski definition) is 1. The zero-order valence-corrected chi connectivity index (χ0v) is 13.2. The number of hydrogen-bond acceptors (Lipinski definition) is 3. The van der Waals surface area contributed by atoms with Gasteiger partial charge in [-0.05, 0) is 34.1 Å². The predicted molar refractivity (Wildman–Crippen MR) is 79.2 cm³/mol. The summed E-state index contributed by atoms with van der Waals surface area (Å²) in [5, 5.41) is 0.421. The monoisotopic (exact) mass is 380 g/mol. The SMILES string of the molecule is O=S(=O)(Nc1cccc(Cl)c1Cl)c1cncc(Br)c1. The standard InChI is InChI=1S/C11H7BrCl2N2O2S/c12-7-4-8(6-15-5-7)19(17,18)16-10-3-1-2-9(13)11(10)14/h1-6,16H. The molecule has 0 radical (unpaired) electrons. The van der Waals surface area contributed by atoms with Crippen LogP contribution in [0.5, 0.6) is 0 Å².